The molecule has 0 saturated carbocycles. The van der Waals surface area contributed by atoms with E-state index in [0.29, 0.717) is 12.3 Å². The zero-order valence-corrected chi connectivity index (χ0v) is 14.7. The van der Waals surface area contributed by atoms with E-state index in [9.17, 15) is 13.2 Å². The van der Waals surface area contributed by atoms with Crippen molar-refractivity contribution in [1.82, 2.24) is 10.0 Å². The van der Waals surface area contributed by atoms with E-state index in [4.69, 9.17) is 4.74 Å². The Labute approximate surface area is 143 Å². The molecule has 132 valence electrons. The summed E-state index contributed by atoms with van der Waals surface area (Å²) in [6.45, 7) is 0.266. The fraction of sp³-hybridized carbons (Fsp3) is 0.471. The quantitative estimate of drug-likeness (QED) is 0.701. The van der Waals surface area contributed by atoms with Crippen LogP contribution in [0.25, 0.3) is 0 Å². The summed E-state index contributed by atoms with van der Waals surface area (Å²) in [5.74, 6) is 0.243. The first-order chi connectivity index (χ1) is 11.5. The van der Waals surface area contributed by atoms with Crippen LogP contribution in [0, 0.1) is 0 Å². The summed E-state index contributed by atoms with van der Waals surface area (Å²) in [6, 6.07) is 6.00. The molecule has 24 heavy (non-hydrogen) atoms. The Balaban J connectivity index is 1.76. The van der Waals surface area contributed by atoms with Crippen molar-refractivity contribution in [3.63, 3.8) is 0 Å². The van der Waals surface area contributed by atoms with E-state index in [1.807, 2.05) is 0 Å². The molecule has 1 aliphatic rings. The first kappa shape index (κ1) is 18.5. The maximum absolute atomic E-state index is 12.1. The summed E-state index contributed by atoms with van der Waals surface area (Å²) >= 11 is 0. The number of ether oxygens (including phenoxy) is 1. The summed E-state index contributed by atoms with van der Waals surface area (Å²) in [7, 11) is -2.19. The molecule has 1 aliphatic carbocycles. The van der Waals surface area contributed by atoms with Gasteiger partial charge in [0.15, 0.2) is 0 Å². The molecule has 2 N–H and O–H groups in total. The van der Waals surface area contributed by atoms with Gasteiger partial charge < -0.3 is 10.1 Å². The summed E-state index contributed by atoms with van der Waals surface area (Å²) in [5, 5.41) is 2.75. The molecule has 1 aromatic carbocycles. The average molecular weight is 352 g/mol. The summed E-state index contributed by atoms with van der Waals surface area (Å²) < 4.78 is 31.5. The van der Waals surface area contributed by atoms with Crippen molar-refractivity contribution in [2.45, 2.75) is 37.0 Å². The second-order valence-electron chi connectivity index (χ2n) is 5.71. The van der Waals surface area contributed by atoms with Gasteiger partial charge in [0.1, 0.15) is 5.75 Å². The monoisotopic (exact) mass is 352 g/mol. The molecule has 0 fully saturated rings. The molecule has 1 amide bonds. The van der Waals surface area contributed by atoms with Gasteiger partial charge in [-0.25, -0.2) is 13.1 Å². The SMILES string of the molecule is COc1ccc(S(=O)(=O)NCC(=O)NCCC2=CCCCC2)cc1. The molecule has 0 heterocycles. The molecule has 1 aromatic rings. The van der Waals surface area contributed by atoms with Gasteiger partial charge in [0, 0.05) is 6.54 Å². The number of carbonyl (C=O) groups is 1. The number of hydrogen-bond acceptors (Lipinski definition) is 4. The fourth-order valence-electron chi connectivity index (χ4n) is 2.56. The minimum atomic E-state index is -3.70. The smallest absolute Gasteiger partial charge is 0.241 e. The van der Waals surface area contributed by atoms with Crippen molar-refractivity contribution in [1.29, 1.82) is 0 Å². The molecule has 0 aliphatic heterocycles. The molecular formula is C17H24N2O4S. The standard InChI is InChI=1S/C17H24N2O4S/c1-23-15-7-9-16(10-8-15)24(21,22)19-13-17(20)18-12-11-14-5-3-2-4-6-14/h5,7-10,19H,2-4,6,11-13H2,1H3,(H,18,20). The minimum Gasteiger partial charge on any atom is -0.497 e. The molecule has 6 nitrogen and oxygen atoms in total. The number of allylic oxidation sites excluding steroid dienone is 1. The highest BCUT2D eigenvalue weighted by atomic mass is 32.2. The van der Waals surface area contributed by atoms with Crippen LogP contribution in [0.5, 0.6) is 5.75 Å². The van der Waals surface area contributed by atoms with Crippen molar-refractivity contribution in [2.24, 2.45) is 0 Å². The Morgan fingerprint density at radius 2 is 1.96 bits per heavy atom. The van der Waals surface area contributed by atoms with Crippen LogP contribution in [0.4, 0.5) is 0 Å². The number of nitrogens with one attached hydrogen (secondary N) is 2. The summed E-state index contributed by atoms with van der Waals surface area (Å²) in [5.41, 5.74) is 1.38. The van der Waals surface area contributed by atoms with Crippen molar-refractivity contribution >= 4 is 15.9 Å². The lowest BCUT2D eigenvalue weighted by Crippen LogP contribution is -2.37. The number of rotatable bonds is 8. The second kappa shape index (κ2) is 8.84. The van der Waals surface area contributed by atoms with E-state index in [2.05, 4.69) is 16.1 Å². The third kappa shape index (κ3) is 5.65. The van der Waals surface area contributed by atoms with Gasteiger partial charge in [-0.3, -0.25) is 4.79 Å². The topological polar surface area (TPSA) is 84.5 Å². The molecule has 0 aromatic heterocycles. The highest BCUT2D eigenvalue weighted by Gasteiger charge is 2.15. The van der Waals surface area contributed by atoms with Gasteiger partial charge in [-0.05, 0) is 56.4 Å². The molecule has 7 heteroatoms. The number of sulfonamides is 1. The van der Waals surface area contributed by atoms with Crippen molar-refractivity contribution in [3.05, 3.63) is 35.9 Å². The first-order valence-corrected chi connectivity index (χ1v) is 9.58. The maximum atomic E-state index is 12.1. The lowest BCUT2D eigenvalue weighted by Gasteiger charge is -2.13. The van der Waals surface area contributed by atoms with Crippen LogP contribution in [0.1, 0.15) is 32.1 Å². The third-order valence-corrected chi connectivity index (χ3v) is 5.36. The molecular weight excluding hydrogens is 328 g/mol. The summed E-state index contributed by atoms with van der Waals surface area (Å²) in [4.78, 5) is 11.9. The highest BCUT2D eigenvalue weighted by Crippen LogP contribution is 2.19. The van der Waals surface area contributed by atoms with Gasteiger partial charge in [-0.15, -0.1) is 0 Å². The number of benzene rings is 1. The fourth-order valence-corrected chi connectivity index (χ4v) is 3.54. The minimum absolute atomic E-state index is 0.100. The van der Waals surface area contributed by atoms with E-state index in [0.717, 1.165) is 19.3 Å². The molecule has 0 spiro atoms. The van der Waals surface area contributed by atoms with Gasteiger partial charge in [-0.2, -0.15) is 0 Å². The molecule has 0 unspecified atom stereocenters. The Morgan fingerprint density at radius 3 is 2.58 bits per heavy atom. The van der Waals surface area contributed by atoms with Crippen LogP contribution in [-0.2, 0) is 14.8 Å². The van der Waals surface area contributed by atoms with E-state index in [-0.39, 0.29) is 17.3 Å². The number of hydrogen-bond donors (Lipinski definition) is 2. The van der Waals surface area contributed by atoms with E-state index < -0.39 is 10.0 Å². The maximum Gasteiger partial charge on any atom is 0.241 e. The Morgan fingerprint density at radius 1 is 1.21 bits per heavy atom. The predicted octanol–water partition coefficient (Wildman–Crippen LogP) is 1.98. The van der Waals surface area contributed by atoms with Crippen LogP contribution in [0.2, 0.25) is 0 Å². The van der Waals surface area contributed by atoms with Gasteiger partial charge >= 0.3 is 0 Å². The van der Waals surface area contributed by atoms with Gasteiger partial charge in [0.25, 0.3) is 0 Å². The zero-order valence-electron chi connectivity index (χ0n) is 13.9. The molecule has 0 radical (unpaired) electrons. The van der Waals surface area contributed by atoms with Gasteiger partial charge in [-0.1, -0.05) is 11.6 Å². The molecule has 0 atom stereocenters. The number of carbonyl (C=O) groups excluding carboxylic acids is 1. The number of methoxy groups -OCH3 is 1. The second-order valence-corrected chi connectivity index (χ2v) is 7.48. The van der Waals surface area contributed by atoms with Crippen LogP contribution >= 0.6 is 0 Å². The predicted molar refractivity (Wildman–Crippen MR) is 92.4 cm³/mol. The normalized spacial score (nSPS) is 14.8. The lowest BCUT2D eigenvalue weighted by atomic mass is 9.97. The Kier molecular flexibility index (Phi) is 6.81. The summed E-state index contributed by atoms with van der Waals surface area (Å²) in [6.07, 6.45) is 7.73. The largest absolute Gasteiger partial charge is 0.497 e. The molecule has 0 bridgehead atoms. The van der Waals surface area contributed by atoms with Crippen molar-refractivity contribution in [2.75, 3.05) is 20.2 Å². The number of amides is 1. The van der Waals surface area contributed by atoms with Crippen LogP contribution in [0.3, 0.4) is 0 Å². The third-order valence-electron chi connectivity index (χ3n) is 3.95. The van der Waals surface area contributed by atoms with Crippen molar-refractivity contribution < 1.29 is 17.9 Å². The van der Waals surface area contributed by atoms with Crippen LogP contribution < -0.4 is 14.8 Å². The lowest BCUT2D eigenvalue weighted by molar-refractivity contribution is -0.119. The Hall–Kier alpha value is -1.86. The first-order valence-electron chi connectivity index (χ1n) is 8.09. The van der Waals surface area contributed by atoms with Crippen molar-refractivity contribution in [3.8, 4) is 5.75 Å². The van der Waals surface area contributed by atoms with Crippen LogP contribution in [-0.4, -0.2) is 34.5 Å². The van der Waals surface area contributed by atoms with E-state index in [1.165, 1.54) is 37.7 Å². The van der Waals surface area contributed by atoms with Gasteiger partial charge in [0.2, 0.25) is 15.9 Å². The highest BCUT2D eigenvalue weighted by molar-refractivity contribution is 7.89. The van der Waals surface area contributed by atoms with Crippen LogP contribution in [0.15, 0.2) is 40.8 Å². The average Bonchev–Trinajstić information content (AvgIpc) is 2.61. The molecule has 0 saturated heterocycles. The molecule has 2 rings (SSSR count). The van der Waals surface area contributed by atoms with Gasteiger partial charge in [0.05, 0.1) is 18.6 Å². The van der Waals surface area contributed by atoms with E-state index in [1.54, 1.807) is 12.1 Å². The van der Waals surface area contributed by atoms with E-state index >= 15 is 0 Å². The Bertz CT molecular complexity index is 681. The zero-order chi connectivity index (χ0) is 17.4.